The molecule has 1 aromatic rings. The summed E-state index contributed by atoms with van der Waals surface area (Å²) in [5.41, 5.74) is 0.921. The van der Waals surface area contributed by atoms with Crippen molar-refractivity contribution in [3.8, 4) is 0 Å². The van der Waals surface area contributed by atoms with E-state index in [4.69, 9.17) is 4.74 Å². The number of methoxy groups -OCH3 is 1. The minimum absolute atomic E-state index is 0.259. The predicted octanol–water partition coefficient (Wildman–Crippen LogP) is 0.617. The third kappa shape index (κ3) is 6.74. The Hall–Kier alpha value is -3.16. The average molecular weight is 401 g/mol. The number of benzene rings is 1. The Morgan fingerprint density at radius 2 is 1.83 bits per heavy atom. The lowest BCUT2D eigenvalue weighted by atomic mass is 10.0. The maximum Gasteiger partial charge on any atom is 0.328 e. The van der Waals surface area contributed by atoms with E-state index < -0.39 is 35.9 Å². The number of nitrogens with one attached hydrogen (secondary N) is 3. The standard InChI is InChI=1S/C21H27N3O5/c1-3-4-6-11-15(21(28)29-2)22-18(25)13-17-20(27)23-16(19(26)24-17)12-14-9-7-5-8-10-14/h3,5,7-10,15-17H,1,4,6,11-13H2,2H3,(H,22,25)(H,23,27)(H,24,26)/t15-,16+,17+/m1/s1. The van der Waals surface area contributed by atoms with Crippen molar-refractivity contribution in [2.75, 3.05) is 7.11 Å². The molecule has 1 heterocycles. The topological polar surface area (TPSA) is 114 Å². The van der Waals surface area contributed by atoms with Crippen molar-refractivity contribution in [2.24, 2.45) is 0 Å². The van der Waals surface area contributed by atoms with E-state index in [0.717, 1.165) is 5.56 Å². The van der Waals surface area contributed by atoms with E-state index in [1.165, 1.54) is 7.11 Å². The zero-order valence-corrected chi connectivity index (χ0v) is 16.5. The minimum atomic E-state index is -0.985. The summed E-state index contributed by atoms with van der Waals surface area (Å²) < 4.78 is 4.71. The van der Waals surface area contributed by atoms with Crippen LogP contribution in [-0.4, -0.2) is 48.9 Å². The molecule has 0 saturated carbocycles. The number of piperazine rings is 1. The summed E-state index contributed by atoms with van der Waals surface area (Å²) in [6.45, 7) is 3.62. The average Bonchev–Trinajstić information content (AvgIpc) is 2.71. The van der Waals surface area contributed by atoms with Gasteiger partial charge >= 0.3 is 5.97 Å². The van der Waals surface area contributed by atoms with Gasteiger partial charge in [-0.2, -0.15) is 0 Å². The molecule has 0 bridgehead atoms. The third-order valence-corrected chi connectivity index (χ3v) is 4.66. The van der Waals surface area contributed by atoms with Gasteiger partial charge in [0.15, 0.2) is 0 Å². The number of ether oxygens (including phenoxy) is 1. The lowest BCUT2D eigenvalue weighted by Gasteiger charge is -2.29. The van der Waals surface area contributed by atoms with E-state index in [1.807, 2.05) is 30.3 Å². The molecule has 0 aliphatic carbocycles. The summed E-state index contributed by atoms with van der Waals surface area (Å²) in [6.07, 6.45) is 3.59. The summed E-state index contributed by atoms with van der Waals surface area (Å²) in [5, 5.41) is 7.84. The van der Waals surface area contributed by atoms with Crippen LogP contribution in [0.25, 0.3) is 0 Å². The highest BCUT2D eigenvalue weighted by Crippen LogP contribution is 2.09. The Kier molecular flexibility index (Phi) is 8.39. The van der Waals surface area contributed by atoms with Crippen molar-refractivity contribution in [1.29, 1.82) is 0 Å². The molecule has 1 aromatic carbocycles. The molecule has 0 radical (unpaired) electrons. The molecule has 3 atom stereocenters. The van der Waals surface area contributed by atoms with Crippen molar-refractivity contribution in [3.63, 3.8) is 0 Å². The van der Waals surface area contributed by atoms with Gasteiger partial charge in [-0.05, 0) is 24.8 Å². The maximum absolute atomic E-state index is 12.4. The van der Waals surface area contributed by atoms with E-state index in [9.17, 15) is 19.2 Å². The molecule has 8 heteroatoms. The zero-order valence-electron chi connectivity index (χ0n) is 16.5. The highest BCUT2D eigenvalue weighted by molar-refractivity contribution is 5.99. The van der Waals surface area contributed by atoms with Gasteiger partial charge in [0.25, 0.3) is 0 Å². The smallest absolute Gasteiger partial charge is 0.328 e. The molecule has 1 fully saturated rings. The van der Waals surface area contributed by atoms with Gasteiger partial charge in [-0.15, -0.1) is 6.58 Å². The molecular formula is C21H27N3O5. The summed E-state index contributed by atoms with van der Waals surface area (Å²) in [5.74, 6) is -1.84. The van der Waals surface area contributed by atoms with Gasteiger partial charge in [0.05, 0.1) is 13.5 Å². The van der Waals surface area contributed by atoms with Crippen molar-refractivity contribution in [2.45, 2.75) is 50.2 Å². The van der Waals surface area contributed by atoms with E-state index in [-0.39, 0.29) is 12.3 Å². The SMILES string of the molecule is C=CCCC[C@@H](NC(=O)C[C@@H]1NC(=O)[C@H](Cc2ccccc2)NC1=O)C(=O)OC. The van der Waals surface area contributed by atoms with Crippen LogP contribution in [0.2, 0.25) is 0 Å². The van der Waals surface area contributed by atoms with Gasteiger partial charge in [-0.1, -0.05) is 36.4 Å². The fourth-order valence-corrected chi connectivity index (χ4v) is 3.11. The zero-order chi connectivity index (χ0) is 21.2. The second kappa shape index (κ2) is 11.0. The van der Waals surface area contributed by atoms with Crippen LogP contribution in [0.15, 0.2) is 43.0 Å². The monoisotopic (exact) mass is 401 g/mol. The van der Waals surface area contributed by atoms with E-state index >= 15 is 0 Å². The molecule has 3 N–H and O–H groups in total. The third-order valence-electron chi connectivity index (χ3n) is 4.66. The summed E-state index contributed by atoms with van der Waals surface area (Å²) in [4.78, 5) is 48.9. The fourth-order valence-electron chi connectivity index (χ4n) is 3.11. The molecule has 156 valence electrons. The van der Waals surface area contributed by atoms with E-state index in [1.54, 1.807) is 6.08 Å². The van der Waals surface area contributed by atoms with Crippen LogP contribution in [0.4, 0.5) is 0 Å². The maximum atomic E-state index is 12.4. The number of carbonyl (C=O) groups excluding carboxylic acids is 4. The van der Waals surface area contributed by atoms with Gasteiger partial charge < -0.3 is 20.7 Å². The molecule has 29 heavy (non-hydrogen) atoms. The normalized spacial score (nSPS) is 19.5. The molecular weight excluding hydrogens is 374 g/mol. The van der Waals surface area contributed by atoms with Crippen LogP contribution in [0.5, 0.6) is 0 Å². The molecule has 0 spiro atoms. The minimum Gasteiger partial charge on any atom is -0.467 e. The number of allylic oxidation sites excluding steroid dienone is 1. The molecule has 1 aliphatic rings. The Bertz CT molecular complexity index is 750. The van der Waals surface area contributed by atoms with Crippen molar-refractivity contribution in [1.82, 2.24) is 16.0 Å². The Labute approximate surface area is 170 Å². The molecule has 8 nitrogen and oxygen atoms in total. The van der Waals surface area contributed by atoms with E-state index in [0.29, 0.717) is 25.7 Å². The lowest BCUT2D eigenvalue weighted by Crippen LogP contribution is -2.63. The molecule has 1 saturated heterocycles. The molecule has 0 aromatic heterocycles. The predicted molar refractivity (Wildman–Crippen MR) is 107 cm³/mol. The second-order valence-electron chi connectivity index (χ2n) is 6.88. The van der Waals surface area contributed by atoms with E-state index in [2.05, 4.69) is 22.5 Å². The van der Waals surface area contributed by atoms with Crippen LogP contribution < -0.4 is 16.0 Å². The van der Waals surface area contributed by atoms with Crippen molar-refractivity contribution < 1.29 is 23.9 Å². The number of rotatable bonds is 10. The van der Waals surface area contributed by atoms with Gasteiger partial charge in [0.1, 0.15) is 18.1 Å². The number of carbonyl (C=O) groups is 4. The van der Waals surface area contributed by atoms with Gasteiger partial charge in [0.2, 0.25) is 17.7 Å². The first-order valence-corrected chi connectivity index (χ1v) is 9.57. The van der Waals surface area contributed by atoms with Crippen molar-refractivity contribution >= 4 is 23.7 Å². The summed E-state index contributed by atoms with van der Waals surface area (Å²) in [6, 6.07) is 6.86. The molecule has 2 rings (SSSR count). The number of unbranched alkanes of at least 4 members (excludes halogenated alkanes) is 1. The van der Waals surface area contributed by atoms with Gasteiger partial charge in [0, 0.05) is 6.42 Å². The number of hydrogen-bond acceptors (Lipinski definition) is 5. The van der Waals surface area contributed by atoms with Crippen molar-refractivity contribution in [3.05, 3.63) is 48.6 Å². The Morgan fingerprint density at radius 3 is 2.48 bits per heavy atom. The van der Waals surface area contributed by atoms with Crippen LogP contribution in [0.1, 0.15) is 31.2 Å². The number of hydrogen-bond donors (Lipinski definition) is 3. The second-order valence-corrected chi connectivity index (χ2v) is 6.88. The Morgan fingerprint density at radius 1 is 1.17 bits per heavy atom. The summed E-state index contributed by atoms with van der Waals surface area (Å²) >= 11 is 0. The summed E-state index contributed by atoms with van der Waals surface area (Å²) in [7, 11) is 1.25. The first kappa shape index (κ1) is 22.1. The van der Waals surface area contributed by atoms with Crippen LogP contribution >= 0.6 is 0 Å². The first-order valence-electron chi connectivity index (χ1n) is 9.57. The van der Waals surface area contributed by atoms with Crippen LogP contribution in [0.3, 0.4) is 0 Å². The van der Waals surface area contributed by atoms with Crippen LogP contribution in [0, 0.1) is 0 Å². The lowest BCUT2D eigenvalue weighted by molar-refractivity contribution is -0.145. The molecule has 3 amide bonds. The highest BCUT2D eigenvalue weighted by Gasteiger charge is 2.35. The molecule has 1 aliphatic heterocycles. The molecule has 0 unspecified atom stereocenters. The quantitative estimate of drug-likeness (QED) is 0.302. The van der Waals surface area contributed by atoms with Crippen LogP contribution in [-0.2, 0) is 30.3 Å². The number of amides is 3. The number of esters is 1. The highest BCUT2D eigenvalue weighted by atomic mass is 16.5. The Balaban J connectivity index is 1.89. The fraction of sp³-hybridized carbons (Fsp3) is 0.429. The van der Waals surface area contributed by atoms with Gasteiger partial charge in [-0.3, -0.25) is 14.4 Å². The first-order chi connectivity index (χ1) is 13.9. The van der Waals surface area contributed by atoms with Gasteiger partial charge in [-0.25, -0.2) is 4.79 Å². The largest absolute Gasteiger partial charge is 0.467 e.